The van der Waals surface area contributed by atoms with Crippen LogP contribution in [0.1, 0.15) is 0 Å². The Morgan fingerprint density at radius 3 is 2.17 bits per heavy atom. The molecular formula is C21H18F2N2O4S. The largest absolute Gasteiger partial charge is 0.457 e. The van der Waals surface area contributed by atoms with E-state index in [2.05, 4.69) is 5.32 Å². The van der Waals surface area contributed by atoms with Gasteiger partial charge in [-0.2, -0.15) is 0 Å². The van der Waals surface area contributed by atoms with Crippen LogP contribution in [-0.4, -0.2) is 27.1 Å². The lowest BCUT2D eigenvalue weighted by Gasteiger charge is -2.22. The van der Waals surface area contributed by atoms with E-state index >= 15 is 0 Å². The van der Waals surface area contributed by atoms with Crippen LogP contribution in [0.4, 0.5) is 20.2 Å². The van der Waals surface area contributed by atoms with Crippen molar-refractivity contribution in [2.45, 2.75) is 0 Å². The van der Waals surface area contributed by atoms with E-state index in [1.807, 2.05) is 18.2 Å². The summed E-state index contributed by atoms with van der Waals surface area (Å²) in [5, 5.41) is 2.56. The van der Waals surface area contributed by atoms with Gasteiger partial charge in [-0.25, -0.2) is 17.2 Å². The number of benzene rings is 3. The van der Waals surface area contributed by atoms with Crippen LogP contribution in [0.15, 0.2) is 72.8 Å². The quantitative estimate of drug-likeness (QED) is 0.608. The van der Waals surface area contributed by atoms with Crippen molar-refractivity contribution in [1.82, 2.24) is 0 Å². The van der Waals surface area contributed by atoms with Gasteiger partial charge in [0.15, 0.2) is 11.6 Å². The molecule has 30 heavy (non-hydrogen) atoms. The molecule has 0 aliphatic carbocycles. The Hall–Kier alpha value is -3.46. The molecule has 156 valence electrons. The maximum Gasteiger partial charge on any atom is 0.245 e. The monoisotopic (exact) mass is 432 g/mol. The van der Waals surface area contributed by atoms with Crippen molar-refractivity contribution in [3.63, 3.8) is 0 Å². The molecule has 6 nitrogen and oxygen atoms in total. The third-order valence-electron chi connectivity index (χ3n) is 4.00. The third-order valence-corrected chi connectivity index (χ3v) is 5.14. The molecule has 0 atom stereocenters. The molecule has 0 aromatic heterocycles. The molecule has 0 unspecified atom stereocenters. The molecule has 0 aliphatic heterocycles. The molecular weight excluding hydrogens is 414 g/mol. The number of hydrogen-bond donors (Lipinski definition) is 1. The van der Waals surface area contributed by atoms with Crippen molar-refractivity contribution >= 4 is 27.3 Å². The first kappa shape index (κ1) is 21.3. The SMILES string of the molecule is CS(=O)(=O)N(CC(=O)Nc1ccc(Oc2ccccc2)cc1)c1ccc(F)c(F)c1. The Labute approximate surface area is 172 Å². The number of nitrogens with zero attached hydrogens (tertiary/aromatic N) is 1. The number of rotatable bonds is 7. The predicted octanol–water partition coefficient (Wildman–Crippen LogP) is 4.16. The van der Waals surface area contributed by atoms with Gasteiger partial charge in [0.05, 0.1) is 11.9 Å². The lowest BCUT2D eigenvalue weighted by atomic mass is 10.3. The normalized spacial score (nSPS) is 11.0. The summed E-state index contributed by atoms with van der Waals surface area (Å²) in [6, 6.07) is 18.2. The number of hydrogen-bond acceptors (Lipinski definition) is 4. The standard InChI is InChI=1S/C21H18F2N2O4S/c1-30(27,28)25(16-9-12-19(22)20(23)13-16)14-21(26)24-15-7-10-18(11-8-15)29-17-5-3-2-4-6-17/h2-13H,14H2,1H3,(H,24,26). The van der Waals surface area contributed by atoms with E-state index in [9.17, 15) is 22.0 Å². The fourth-order valence-electron chi connectivity index (χ4n) is 2.60. The second-order valence-corrected chi connectivity index (χ2v) is 8.26. The van der Waals surface area contributed by atoms with Crippen molar-refractivity contribution < 1.29 is 26.7 Å². The third kappa shape index (κ3) is 5.54. The number of halogens is 2. The van der Waals surface area contributed by atoms with E-state index < -0.39 is 34.1 Å². The van der Waals surface area contributed by atoms with Gasteiger partial charge in [-0.1, -0.05) is 18.2 Å². The average molecular weight is 432 g/mol. The fraction of sp³-hybridized carbons (Fsp3) is 0.0952. The molecule has 0 aliphatic rings. The van der Waals surface area contributed by atoms with Crippen LogP contribution >= 0.6 is 0 Å². The second-order valence-electron chi connectivity index (χ2n) is 6.36. The fourth-order valence-corrected chi connectivity index (χ4v) is 3.45. The van der Waals surface area contributed by atoms with E-state index in [0.717, 1.165) is 24.5 Å². The molecule has 1 N–H and O–H groups in total. The summed E-state index contributed by atoms with van der Waals surface area (Å²) in [5.74, 6) is -1.77. The van der Waals surface area contributed by atoms with Gasteiger partial charge in [0.1, 0.15) is 18.0 Å². The molecule has 3 aromatic rings. The number of para-hydroxylation sites is 1. The van der Waals surface area contributed by atoms with Gasteiger partial charge in [-0.3, -0.25) is 9.10 Å². The van der Waals surface area contributed by atoms with Gasteiger partial charge in [0, 0.05) is 11.8 Å². The molecule has 0 bridgehead atoms. The minimum Gasteiger partial charge on any atom is -0.457 e. The molecule has 1 amide bonds. The van der Waals surface area contributed by atoms with Crippen LogP contribution in [0.25, 0.3) is 0 Å². The van der Waals surface area contributed by atoms with Crippen molar-refractivity contribution in [2.24, 2.45) is 0 Å². The van der Waals surface area contributed by atoms with E-state index in [1.54, 1.807) is 36.4 Å². The number of carbonyl (C=O) groups excluding carboxylic acids is 1. The summed E-state index contributed by atoms with van der Waals surface area (Å²) < 4.78 is 57.1. The second kappa shape index (κ2) is 8.91. The van der Waals surface area contributed by atoms with E-state index in [4.69, 9.17) is 4.74 Å². The van der Waals surface area contributed by atoms with Crippen LogP contribution in [-0.2, 0) is 14.8 Å². The Morgan fingerprint density at radius 2 is 1.57 bits per heavy atom. The van der Waals surface area contributed by atoms with Crippen LogP contribution in [0.3, 0.4) is 0 Å². The van der Waals surface area contributed by atoms with E-state index in [-0.39, 0.29) is 5.69 Å². The number of amides is 1. The lowest BCUT2D eigenvalue weighted by Crippen LogP contribution is -2.37. The molecule has 0 saturated carbocycles. The molecule has 0 radical (unpaired) electrons. The first-order valence-electron chi connectivity index (χ1n) is 8.78. The van der Waals surface area contributed by atoms with E-state index in [0.29, 0.717) is 21.5 Å². The molecule has 3 rings (SSSR count). The zero-order chi connectivity index (χ0) is 21.7. The van der Waals surface area contributed by atoms with Gasteiger partial charge in [0.2, 0.25) is 15.9 Å². The minimum absolute atomic E-state index is 0.154. The zero-order valence-corrected chi connectivity index (χ0v) is 16.7. The topological polar surface area (TPSA) is 75.7 Å². The highest BCUT2D eigenvalue weighted by atomic mass is 32.2. The van der Waals surface area contributed by atoms with Crippen LogP contribution in [0.2, 0.25) is 0 Å². The number of carbonyl (C=O) groups is 1. The van der Waals surface area contributed by atoms with Crippen LogP contribution in [0.5, 0.6) is 11.5 Å². The molecule has 9 heteroatoms. The van der Waals surface area contributed by atoms with Crippen molar-refractivity contribution in [3.8, 4) is 11.5 Å². The van der Waals surface area contributed by atoms with Crippen molar-refractivity contribution in [1.29, 1.82) is 0 Å². The predicted molar refractivity (Wildman–Crippen MR) is 110 cm³/mol. The van der Waals surface area contributed by atoms with Gasteiger partial charge in [-0.05, 0) is 48.5 Å². The molecule has 0 saturated heterocycles. The highest BCUT2D eigenvalue weighted by Gasteiger charge is 2.22. The maximum atomic E-state index is 13.5. The summed E-state index contributed by atoms with van der Waals surface area (Å²) >= 11 is 0. The van der Waals surface area contributed by atoms with Gasteiger partial charge >= 0.3 is 0 Å². The number of sulfonamides is 1. The first-order valence-corrected chi connectivity index (χ1v) is 10.6. The van der Waals surface area contributed by atoms with Crippen LogP contribution in [0, 0.1) is 11.6 Å². The Balaban J connectivity index is 1.68. The highest BCUT2D eigenvalue weighted by Crippen LogP contribution is 2.23. The smallest absolute Gasteiger partial charge is 0.245 e. The summed E-state index contributed by atoms with van der Waals surface area (Å²) in [7, 11) is -3.91. The van der Waals surface area contributed by atoms with Gasteiger partial charge < -0.3 is 10.1 Å². The average Bonchev–Trinajstić information content (AvgIpc) is 2.70. The summed E-state index contributed by atoms with van der Waals surface area (Å²) in [6.45, 7) is -0.605. The van der Waals surface area contributed by atoms with Crippen molar-refractivity contribution in [3.05, 3.63) is 84.4 Å². The van der Waals surface area contributed by atoms with Gasteiger partial charge in [-0.15, -0.1) is 0 Å². The molecule has 0 fully saturated rings. The molecule has 3 aromatic carbocycles. The number of nitrogens with one attached hydrogen (secondary N) is 1. The summed E-state index contributed by atoms with van der Waals surface area (Å²) in [5.41, 5.74) is 0.261. The number of anilines is 2. The van der Waals surface area contributed by atoms with Crippen LogP contribution < -0.4 is 14.4 Å². The maximum absolute atomic E-state index is 13.5. The lowest BCUT2D eigenvalue weighted by molar-refractivity contribution is -0.114. The summed E-state index contributed by atoms with van der Waals surface area (Å²) in [6.07, 6.45) is 0.872. The number of ether oxygens (including phenoxy) is 1. The Morgan fingerprint density at radius 1 is 0.933 bits per heavy atom. The molecule has 0 heterocycles. The minimum atomic E-state index is -3.91. The Bertz CT molecular complexity index is 1140. The summed E-state index contributed by atoms with van der Waals surface area (Å²) in [4.78, 5) is 12.4. The highest BCUT2D eigenvalue weighted by molar-refractivity contribution is 7.92. The van der Waals surface area contributed by atoms with Gasteiger partial charge in [0.25, 0.3) is 0 Å². The van der Waals surface area contributed by atoms with E-state index in [1.165, 1.54) is 0 Å². The Kier molecular flexibility index (Phi) is 6.31. The van der Waals surface area contributed by atoms with Crippen molar-refractivity contribution in [2.75, 3.05) is 22.4 Å². The zero-order valence-electron chi connectivity index (χ0n) is 15.9. The first-order chi connectivity index (χ1) is 14.2. The molecule has 0 spiro atoms.